The van der Waals surface area contributed by atoms with Crippen LogP contribution in [0.5, 0.6) is 5.75 Å². The van der Waals surface area contributed by atoms with E-state index in [2.05, 4.69) is 21.7 Å². The number of benzene rings is 1. The van der Waals surface area contributed by atoms with Crippen LogP contribution in [0.3, 0.4) is 0 Å². The van der Waals surface area contributed by atoms with Crippen molar-refractivity contribution in [2.75, 3.05) is 6.61 Å². The first-order chi connectivity index (χ1) is 11.7. The van der Waals surface area contributed by atoms with Gasteiger partial charge in [0.05, 0.1) is 6.61 Å². The summed E-state index contributed by atoms with van der Waals surface area (Å²) in [5, 5.41) is 17.8. The molecule has 0 bridgehead atoms. The second-order valence-corrected chi connectivity index (χ2v) is 6.34. The smallest absolute Gasteiger partial charge is 0.272 e. The zero-order valence-corrected chi connectivity index (χ0v) is 13.5. The van der Waals surface area contributed by atoms with E-state index in [-0.39, 0.29) is 11.7 Å². The summed E-state index contributed by atoms with van der Waals surface area (Å²) in [4.78, 5) is 16.7. The Hall–Kier alpha value is -2.80. The van der Waals surface area contributed by atoms with Crippen LogP contribution in [0.4, 0.5) is 0 Å². The molecule has 3 heterocycles. The molecule has 0 saturated carbocycles. The fourth-order valence-corrected chi connectivity index (χ4v) is 3.43. The van der Waals surface area contributed by atoms with Crippen LogP contribution in [0.15, 0.2) is 47.7 Å². The maximum absolute atomic E-state index is 12.3. The van der Waals surface area contributed by atoms with Crippen LogP contribution in [-0.4, -0.2) is 28.8 Å². The van der Waals surface area contributed by atoms with Gasteiger partial charge in [0, 0.05) is 17.4 Å². The SMILES string of the molecule is O=C(NC1NC=CC=C1O)c1csc(-c2ccc3c(c2)CCO3)n1. The fourth-order valence-electron chi connectivity index (χ4n) is 2.63. The van der Waals surface area contributed by atoms with Gasteiger partial charge in [-0.1, -0.05) is 0 Å². The minimum Gasteiger partial charge on any atom is -0.508 e. The Kier molecular flexibility index (Phi) is 3.70. The molecular weight excluding hydrogens is 326 g/mol. The van der Waals surface area contributed by atoms with Gasteiger partial charge in [0.25, 0.3) is 5.91 Å². The highest BCUT2D eigenvalue weighted by molar-refractivity contribution is 7.13. The van der Waals surface area contributed by atoms with Crippen LogP contribution in [0.25, 0.3) is 10.6 Å². The van der Waals surface area contributed by atoms with E-state index in [1.165, 1.54) is 23.0 Å². The van der Waals surface area contributed by atoms with E-state index >= 15 is 0 Å². The van der Waals surface area contributed by atoms with Crippen LogP contribution in [0.2, 0.25) is 0 Å². The second-order valence-electron chi connectivity index (χ2n) is 5.48. The molecule has 2 aromatic rings. The Morgan fingerprint density at radius 1 is 1.46 bits per heavy atom. The molecular formula is C17H15N3O3S. The van der Waals surface area contributed by atoms with Gasteiger partial charge in [-0.25, -0.2) is 4.98 Å². The zero-order valence-electron chi connectivity index (χ0n) is 12.7. The molecule has 0 radical (unpaired) electrons. The first kappa shape index (κ1) is 14.8. The van der Waals surface area contributed by atoms with E-state index in [1.54, 1.807) is 17.7 Å². The van der Waals surface area contributed by atoms with Crippen molar-refractivity contribution >= 4 is 17.2 Å². The highest BCUT2D eigenvalue weighted by Crippen LogP contribution is 2.31. The number of rotatable bonds is 3. The lowest BCUT2D eigenvalue weighted by Gasteiger charge is -2.19. The minimum atomic E-state index is -0.634. The number of thiazole rings is 1. The zero-order chi connectivity index (χ0) is 16.5. The first-order valence-corrected chi connectivity index (χ1v) is 8.43. The van der Waals surface area contributed by atoms with Crippen molar-refractivity contribution < 1.29 is 14.6 Å². The summed E-state index contributed by atoms with van der Waals surface area (Å²) in [6.45, 7) is 0.712. The number of carbonyl (C=O) groups excluding carboxylic acids is 1. The van der Waals surface area contributed by atoms with Gasteiger partial charge in [-0.05, 0) is 42.1 Å². The van der Waals surface area contributed by atoms with Gasteiger partial charge in [0.2, 0.25) is 0 Å². The summed E-state index contributed by atoms with van der Waals surface area (Å²) >= 11 is 1.41. The predicted molar refractivity (Wildman–Crippen MR) is 91.0 cm³/mol. The van der Waals surface area contributed by atoms with E-state index in [0.717, 1.165) is 22.7 Å². The number of aliphatic hydroxyl groups is 1. The Morgan fingerprint density at radius 2 is 2.38 bits per heavy atom. The Balaban J connectivity index is 1.51. The molecule has 6 nitrogen and oxygen atoms in total. The lowest BCUT2D eigenvalue weighted by molar-refractivity contribution is 0.0924. The number of amides is 1. The predicted octanol–water partition coefficient (Wildman–Crippen LogP) is 2.36. The van der Waals surface area contributed by atoms with Gasteiger partial charge in [0.1, 0.15) is 22.2 Å². The number of hydrogen-bond acceptors (Lipinski definition) is 6. The molecule has 1 aromatic heterocycles. The van der Waals surface area contributed by atoms with Crippen LogP contribution >= 0.6 is 11.3 Å². The van der Waals surface area contributed by atoms with Gasteiger partial charge < -0.3 is 20.5 Å². The number of fused-ring (bicyclic) bond motifs is 1. The molecule has 1 unspecified atom stereocenters. The highest BCUT2D eigenvalue weighted by Gasteiger charge is 2.20. The Bertz CT molecular complexity index is 857. The van der Waals surface area contributed by atoms with Crippen LogP contribution in [-0.2, 0) is 6.42 Å². The Morgan fingerprint density at radius 3 is 3.25 bits per heavy atom. The summed E-state index contributed by atoms with van der Waals surface area (Å²) in [6, 6.07) is 5.96. The number of nitrogens with one attached hydrogen (secondary N) is 2. The summed E-state index contributed by atoms with van der Waals surface area (Å²) in [5.74, 6) is 0.640. The van der Waals surface area contributed by atoms with E-state index in [9.17, 15) is 9.90 Å². The van der Waals surface area contributed by atoms with Crippen LogP contribution in [0.1, 0.15) is 16.1 Å². The number of allylic oxidation sites excluding steroid dienone is 2. The van der Waals surface area contributed by atoms with Crippen LogP contribution in [0, 0.1) is 0 Å². The summed E-state index contributed by atoms with van der Waals surface area (Å²) in [5.41, 5.74) is 2.47. The van der Waals surface area contributed by atoms with Gasteiger partial charge in [-0.3, -0.25) is 4.79 Å². The van der Waals surface area contributed by atoms with Gasteiger partial charge >= 0.3 is 0 Å². The largest absolute Gasteiger partial charge is 0.508 e. The number of dihydropyridines is 1. The minimum absolute atomic E-state index is 0.0555. The molecule has 1 atom stereocenters. The average molecular weight is 341 g/mol. The molecule has 1 amide bonds. The van der Waals surface area contributed by atoms with E-state index in [1.807, 2.05) is 12.1 Å². The molecule has 1 aromatic carbocycles. The molecule has 24 heavy (non-hydrogen) atoms. The molecule has 0 spiro atoms. The number of ether oxygens (including phenoxy) is 1. The Labute approximate surface area is 142 Å². The molecule has 2 aliphatic heterocycles. The van der Waals surface area contributed by atoms with Crippen molar-refractivity contribution in [2.45, 2.75) is 12.6 Å². The molecule has 122 valence electrons. The van der Waals surface area contributed by atoms with E-state index in [0.29, 0.717) is 12.3 Å². The standard InChI is InChI=1S/C17H15N3O3S/c21-13-2-1-6-18-15(13)20-16(22)12-9-24-17(19-12)11-3-4-14-10(8-11)5-7-23-14/h1-4,6,8-9,15,18,21H,5,7H2,(H,20,22). The number of hydrogen-bond donors (Lipinski definition) is 3. The molecule has 7 heteroatoms. The third-order valence-electron chi connectivity index (χ3n) is 3.87. The number of aromatic nitrogens is 1. The van der Waals surface area contributed by atoms with Crippen molar-refractivity contribution in [2.24, 2.45) is 0 Å². The summed E-state index contributed by atoms with van der Waals surface area (Å²) in [7, 11) is 0. The average Bonchev–Trinajstić information content (AvgIpc) is 3.25. The molecule has 3 N–H and O–H groups in total. The molecule has 0 aliphatic carbocycles. The van der Waals surface area contributed by atoms with Gasteiger partial charge in [0.15, 0.2) is 6.17 Å². The lowest BCUT2D eigenvalue weighted by atomic mass is 10.1. The van der Waals surface area contributed by atoms with Gasteiger partial charge in [-0.15, -0.1) is 11.3 Å². The molecule has 4 rings (SSSR count). The number of aliphatic hydroxyl groups excluding tert-OH is 1. The van der Waals surface area contributed by atoms with E-state index in [4.69, 9.17) is 4.74 Å². The monoisotopic (exact) mass is 341 g/mol. The molecule has 2 aliphatic rings. The van der Waals surface area contributed by atoms with Crippen molar-refractivity contribution in [3.8, 4) is 16.3 Å². The molecule has 0 fully saturated rings. The van der Waals surface area contributed by atoms with Crippen molar-refractivity contribution in [3.63, 3.8) is 0 Å². The van der Waals surface area contributed by atoms with Crippen LogP contribution < -0.4 is 15.4 Å². The topological polar surface area (TPSA) is 83.5 Å². The third-order valence-corrected chi connectivity index (χ3v) is 4.76. The van der Waals surface area contributed by atoms with Crippen molar-refractivity contribution in [1.29, 1.82) is 0 Å². The van der Waals surface area contributed by atoms with Crippen molar-refractivity contribution in [3.05, 3.63) is 58.9 Å². The van der Waals surface area contributed by atoms with E-state index < -0.39 is 6.17 Å². The normalized spacial score (nSPS) is 18.3. The lowest BCUT2D eigenvalue weighted by Crippen LogP contribution is -2.45. The second kappa shape index (κ2) is 6.01. The maximum atomic E-state index is 12.3. The first-order valence-electron chi connectivity index (χ1n) is 7.55. The number of nitrogens with zero attached hydrogens (tertiary/aromatic N) is 1. The maximum Gasteiger partial charge on any atom is 0.272 e. The quantitative estimate of drug-likeness (QED) is 0.798. The number of carbonyl (C=O) groups is 1. The highest BCUT2D eigenvalue weighted by atomic mass is 32.1. The fraction of sp³-hybridized carbons (Fsp3) is 0.176. The summed E-state index contributed by atoms with van der Waals surface area (Å²) in [6.07, 6.45) is 5.11. The van der Waals surface area contributed by atoms with Crippen molar-refractivity contribution in [1.82, 2.24) is 15.6 Å². The van der Waals surface area contributed by atoms with Gasteiger partial charge in [-0.2, -0.15) is 0 Å². The third kappa shape index (κ3) is 2.74. The molecule has 0 saturated heterocycles. The summed E-state index contributed by atoms with van der Waals surface area (Å²) < 4.78 is 5.50.